The summed E-state index contributed by atoms with van der Waals surface area (Å²) in [6, 6.07) is 16.0. The summed E-state index contributed by atoms with van der Waals surface area (Å²) in [5.41, 5.74) is 0.846. The van der Waals surface area contributed by atoms with Crippen LogP contribution in [0.1, 0.15) is 11.1 Å². The lowest BCUT2D eigenvalue weighted by molar-refractivity contribution is -0.112. The summed E-state index contributed by atoms with van der Waals surface area (Å²) >= 11 is 12.5. The molecule has 0 spiro atoms. The summed E-state index contributed by atoms with van der Waals surface area (Å²) in [4.78, 5) is 12.3. The number of benzene rings is 3. The summed E-state index contributed by atoms with van der Waals surface area (Å²) in [5, 5.41) is 12.1. The zero-order valence-corrected chi connectivity index (χ0v) is 17.3. The zero-order chi connectivity index (χ0) is 22.4. The molecule has 1 N–H and O–H groups in total. The molecule has 31 heavy (non-hydrogen) atoms. The number of hydrogen-bond acceptors (Lipinski definition) is 3. The molecule has 0 aliphatic heterocycles. The summed E-state index contributed by atoms with van der Waals surface area (Å²) in [5.74, 6) is -1.39. The van der Waals surface area contributed by atoms with Crippen molar-refractivity contribution in [2.45, 2.75) is 6.61 Å². The summed E-state index contributed by atoms with van der Waals surface area (Å²) in [6.07, 6.45) is 1.30. The third-order valence-electron chi connectivity index (χ3n) is 4.13. The molecule has 0 fully saturated rings. The number of amides is 1. The molecule has 0 unspecified atom stereocenters. The van der Waals surface area contributed by atoms with Crippen molar-refractivity contribution in [3.05, 3.63) is 99.0 Å². The van der Waals surface area contributed by atoms with Crippen LogP contribution in [0.15, 0.2) is 66.2 Å². The van der Waals surface area contributed by atoms with Crippen molar-refractivity contribution >= 4 is 40.9 Å². The number of carbonyl (C=O) groups is 1. The molecule has 0 aliphatic carbocycles. The minimum atomic E-state index is -0.679. The Hall–Kier alpha value is -3.40. The Bertz CT molecular complexity index is 1170. The largest absolute Gasteiger partial charge is 0.486 e. The molecular formula is C23H14Cl2F2N2O2. The smallest absolute Gasteiger partial charge is 0.266 e. The number of nitrogens with zero attached hydrogens (tertiary/aromatic N) is 1. The molecule has 0 saturated heterocycles. The topological polar surface area (TPSA) is 62.1 Å². The number of hydrogen-bond donors (Lipinski definition) is 1. The molecule has 0 saturated carbocycles. The van der Waals surface area contributed by atoms with Gasteiger partial charge in [-0.25, -0.2) is 8.78 Å². The van der Waals surface area contributed by atoms with E-state index in [4.69, 9.17) is 27.9 Å². The molecule has 156 valence electrons. The third kappa shape index (κ3) is 5.82. The molecule has 0 atom stereocenters. The van der Waals surface area contributed by atoms with Crippen molar-refractivity contribution < 1.29 is 18.3 Å². The van der Waals surface area contributed by atoms with Crippen LogP contribution < -0.4 is 10.1 Å². The Morgan fingerprint density at radius 2 is 1.71 bits per heavy atom. The molecule has 3 aromatic rings. The first-order valence-corrected chi connectivity index (χ1v) is 9.67. The number of carbonyl (C=O) groups excluding carboxylic acids is 1. The Morgan fingerprint density at radius 3 is 2.32 bits per heavy atom. The van der Waals surface area contributed by atoms with Crippen molar-refractivity contribution in [2.24, 2.45) is 0 Å². The monoisotopic (exact) mass is 458 g/mol. The molecule has 0 heterocycles. The molecule has 4 nitrogen and oxygen atoms in total. The van der Waals surface area contributed by atoms with Gasteiger partial charge in [-0.05, 0) is 54.1 Å². The number of anilines is 1. The standard InChI is InChI=1S/C23H14Cl2F2N2O2/c24-19-10-14(9-16(12-28)23(30)29-18-7-5-17(26)6-8-18)11-20(25)22(19)31-13-15-3-1-2-4-21(15)27/h1-11H,13H2,(H,29,30)/b16-9+. The van der Waals surface area contributed by atoms with Gasteiger partial charge >= 0.3 is 0 Å². The molecule has 0 bridgehead atoms. The summed E-state index contributed by atoms with van der Waals surface area (Å²) in [7, 11) is 0. The minimum Gasteiger partial charge on any atom is -0.486 e. The molecule has 0 aliphatic rings. The number of ether oxygens (including phenoxy) is 1. The Balaban J connectivity index is 1.77. The lowest BCUT2D eigenvalue weighted by Gasteiger charge is -2.11. The van der Waals surface area contributed by atoms with Crippen molar-refractivity contribution in [3.8, 4) is 11.8 Å². The van der Waals surface area contributed by atoms with Crippen molar-refractivity contribution in [2.75, 3.05) is 5.32 Å². The van der Waals surface area contributed by atoms with Crippen molar-refractivity contribution in [3.63, 3.8) is 0 Å². The normalized spacial score (nSPS) is 11.0. The maximum Gasteiger partial charge on any atom is 0.266 e. The van der Waals surface area contributed by atoms with Gasteiger partial charge in [0.05, 0.1) is 10.0 Å². The van der Waals surface area contributed by atoms with E-state index in [2.05, 4.69) is 5.32 Å². The van der Waals surface area contributed by atoms with Crippen LogP contribution in [0.3, 0.4) is 0 Å². The number of nitrogens with one attached hydrogen (secondary N) is 1. The van der Waals surface area contributed by atoms with Gasteiger partial charge in [-0.2, -0.15) is 5.26 Å². The molecular weight excluding hydrogens is 445 g/mol. The van der Waals surface area contributed by atoms with Crippen LogP contribution in [0.5, 0.6) is 5.75 Å². The Labute approximate surface area is 187 Å². The van der Waals surface area contributed by atoms with Crippen LogP contribution in [-0.4, -0.2) is 5.91 Å². The van der Waals surface area contributed by atoms with Gasteiger partial charge in [0.25, 0.3) is 5.91 Å². The molecule has 3 aromatic carbocycles. The number of rotatable bonds is 6. The number of halogens is 4. The highest BCUT2D eigenvalue weighted by atomic mass is 35.5. The maximum atomic E-state index is 13.8. The van der Waals surface area contributed by atoms with E-state index in [0.717, 1.165) is 0 Å². The van der Waals surface area contributed by atoms with Gasteiger partial charge < -0.3 is 10.1 Å². The van der Waals surface area contributed by atoms with Crippen LogP contribution in [-0.2, 0) is 11.4 Å². The zero-order valence-electron chi connectivity index (χ0n) is 15.8. The average Bonchev–Trinajstić information content (AvgIpc) is 2.74. The van der Waals surface area contributed by atoms with Crippen LogP contribution >= 0.6 is 23.2 Å². The molecule has 0 radical (unpaired) electrons. The van der Waals surface area contributed by atoms with Gasteiger partial charge in [0.15, 0.2) is 5.75 Å². The highest BCUT2D eigenvalue weighted by molar-refractivity contribution is 6.37. The lowest BCUT2D eigenvalue weighted by atomic mass is 10.1. The van der Waals surface area contributed by atoms with Gasteiger partial charge in [-0.15, -0.1) is 0 Å². The van der Waals surface area contributed by atoms with Crippen LogP contribution in [0, 0.1) is 23.0 Å². The Kier molecular flexibility index (Phi) is 7.24. The fourth-order valence-corrected chi connectivity index (χ4v) is 3.23. The quantitative estimate of drug-likeness (QED) is 0.343. The fraction of sp³-hybridized carbons (Fsp3) is 0.0435. The number of nitriles is 1. The van der Waals surface area contributed by atoms with E-state index in [1.807, 2.05) is 0 Å². The maximum absolute atomic E-state index is 13.8. The van der Waals surface area contributed by atoms with E-state index in [0.29, 0.717) is 16.8 Å². The first-order chi connectivity index (χ1) is 14.9. The Morgan fingerprint density at radius 1 is 1.06 bits per heavy atom. The molecule has 1 amide bonds. The van der Waals surface area contributed by atoms with Crippen molar-refractivity contribution in [1.82, 2.24) is 0 Å². The van der Waals surface area contributed by atoms with E-state index in [1.165, 1.54) is 48.5 Å². The highest BCUT2D eigenvalue weighted by Crippen LogP contribution is 2.35. The first-order valence-electron chi connectivity index (χ1n) is 8.91. The van der Waals surface area contributed by atoms with Crippen LogP contribution in [0.25, 0.3) is 6.08 Å². The summed E-state index contributed by atoms with van der Waals surface area (Å²) in [6.45, 7) is -0.0786. The predicted molar refractivity (Wildman–Crippen MR) is 116 cm³/mol. The van der Waals surface area contributed by atoms with Crippen LogP contribution in [0.2, 0.25) is 10.0 Å². The third-order valence-corrected chi connectivity index (χ3v) is 4.69. The minimum absolute atomic E-state index is 0.0786. The average molecular weight is 459 g/mol. The lowest BCUT2D eigenvalue weighted by Crippen LogP contribution is -2.13. The first kappa shape index (κ1) is 22.3. The van der Waals surface area contributed by atoms with Crippen LogP contribution in [0.4, 0.5) is 14.5 Å². The van der Waals surface area contributed by atoms with Crippen molar-refractivity contribution in [1.29, 1.82) is 5.26 Å². The van der Waals surface area contributed by atoms with E-state index < -0.39 is 17.5 Å². The second-order valence-corrected chi connectivity index (χ2v) is 7.14. The van der Waals surface area contributed by atoms with E-state index in [1.54, 1.807) is 24.3 Å². The molecule has 3 rings (SSSR count). The van der Waals surface area contributed by atoms with E-state index in [-0.39, 0.29) is 28.0 Å². The second kappa shape index (κ2) is 10.1. The fourth-order valence-electron chi connectivity index (χ4n) is 2.61. The SMILES string of the molecule is N#C/C(=C\c1cc(Cl)c(OCc2ccccc2F)c(Cl)c1)C(=O)Nc1ccc(F)cc1. The summed E-state index contributed by atoms with van der Waals surface area (Å²) < 4.78 is 32.3. The second-order valence-electron chi connectivity index (χ2n) is 6.32. The molecule has 8 heteroatoms. The van der Waals surface area contributed by atoms with Gasteiger partial charge in [0, 0.05) is 11.3 Å². The van der Waals surface area contributed by atoms with E-state index in [9.17, 15) is 18.8 Å². The van der Waals surface area contributed by atoms with Gasteiger partial charge in [0.1, 0.15) is 29.9 Å². The highest BCUT2D eigenvalue weighted by Gasteiger charge is 2.14. The van der Waals surface area contributed by atoms with Gasteiger partial charge in [-0.1, -0.05) is 41.4 Å². The predicted octanol–water partition coefficient (Wildman–Crippen LogP) is 6.40. The van der Waals surface area contributed by atoms with Gasteiger partial charge in [0.2, 0.25) is 0 Å². The molecule has 0 aromatic heterocycles. The van der Waals surface area contributed by atoms with E-state index >= 15 is 0 Å². The van der Waals surface area contributed by atoms with Gasteiger partial charge in [-0.3, -0.25) is 4.79 Å².